The van der Waals surface area contributed by atoms with E-state index in [1.54, 1.807) is 0 Å². The molecule has 0 aliphatic carbocycles. The van der Waals surface area contributed by atoms with Crippen LogP contribution in [0.25, 0.3) is 0 Å². The summed E-state index contributed by atoms with van der Waals surface area (Å²) in [5.41, 5.74) is -0.202. The van der Waals surface area contributed by atoms with Gasteiger partial charge in [-0.3, -0.25) is 4.90 Å². The Morgan fingerprint density at radius 2 is 1.21 bits per heavy atom. The fourth-order valence-corrected chi connectivity index (χ4v) is 2.85. The smallest absolute Gasteiger partial charge is 0.392 e. The van der Waals surface area contributed by atoms with Crippen LogP contribution in [-0.4, -0.2) is 24.0 Å². The highest BCUT2D eigenvalue weighted by Crippen LogP contribution is 2.52. The maximum atomic E-state index is 13.8. The molecule has 2 aromatic carbocycles. The third-order valence-electron chi connectivity index (χ3n) is 3.84. The second-order valence-electron chi connectivity index (χ2n) is 5.23. The van der Waals surface area contributed by atoms with Crippen molar-refractivity contribution in [2.45, 2.75) is 12.1 Å². The topological polar surface area (TPSA) is 55.8 Å². The number of para-hydroxylation sites is 2. The predicted octanol–water partition coefficient (Wildman–Crippen LogP) is 3.38. The van der Waals surface area contributed by atoms with E-state index in [-0.39, 0.29) is 22.5 Å². The number of alkyl halides is 3. The Labute approximate surface area is 133 Å². The number of hydrogen-bond acceptors (Lipinski definition) is 5. The summed E-state index contributed by atoms with van der Waals surface area (Å²) >= 11 is 0. The van der Waals surface area contributed by atoms with Gasteiger partial charge in [-0.1, -0.05) is 24.3 Å². The number of fused-ring (bicyclic) bond motifs is 5. The molecule has 0 atom stereocenters. The molecule has 2 aromatic rings. The van der Waals surface area contributed by atoms with Gasteiger partial charge in [-0.2, -0.15) is 13.2 Å². The molecule has 5 nitrogen and oxygen atoms in total. The maximum absolute atomic E-state index is 13.8. The molecule has 0 radical (unpaired) electrons. The fraction of sp³-hybridized carbons (Fsp3) is 0.125. The van der Waals surface area contributed by atoms with Crippen LogP contribution in [0, 0.1) is 0 Å². The van der Waals surface area contributed by atoms with Gasteiger partial charge >= 0.3 is 24.0 Å². The third kappa shape index (κ3) is 1.70. The molecule has 0 aromatic heterocycles. The van der Waals surface area contributed by atoms with Crippen molar-refractivity contribution >= 4 is 23.3 Å². The van der Waals surface area contributed by atoms with Crippen LogP contribution in [0.15, 0.2) is 48.5 Å². The minimum Gasteiger partial charge on any atom is -0.392 e. The highest BCUT2D eigenvalue weighted by Gasteiger charge is 2.71. The van der Waals surface area contributed by atoms with E-state index in [0.717, 1.165) is 0 Å². The lowest BCUT2D eigenvalue weighted by Crippen LogP contribution is -2.66. The molecule has 24 heavy (non-hydrogen) atoms. The van der Waals surface area contributed by atoms with Crippen molar-refractivity contribution in [1.29, 1.82) is 0 Å². The van der Waals surface area contributed by atoms with Crippen molar-refractivity contribution in [2.24, 2.45) is 0 Å². The summed E-state index contributed by atoms with van der Waals surface area (Å²) in [5, 5.41) is 0. The SMILES string of the molecule is O=C1OC2(C(F)(F)F)OC(=O)c3ccccc3N2c2ccccc21. The quantitative estimate of drug-likeness (QED) is 0.691. The van der Waals surface area contributed by atoms with E-state index >= 15 is 0 Å². The zero-order valence-corrected chi connectivity index (χ0v) is 11.8. The monoisotopic (exact) mass is 335 g/mol. The summed E-state index contributed by atoms with van der Waals surface area (Å²) in [7, 11) is 0. The van der Waals surface area contributed by atoms with Gasteiger partial charge in [0, 0.05) is 0 Å². The van der Waals surface area contributed by atoms with Crippen LogP contribution in [0.2, 0.25) is 0 Å². The van der Waals surface area contributed by atoms with Crippen molar-refractivity contribution in [3.05, 3.63) is 59.7 Å². The Hall–Kier alpha value is -3.03. The number of nitrogens with zero attached hydrogens (tertiary/aromatic N) is 1. The Balaban J connectivity index is 2.08. The van der Waals surface area contributed by atoms with Crippen LogP contribution in [0.4, 0.5) is 24.5 Å². The van der Waals surface area contributed by atoms with Crippen LogP contribution in [-0.2, 0) is 9.47 Å². The summed E-state index contributed by atoms with van der Waals surface area (Å²) in [6, 6.07) is 11.3. The number of benzene rings is 2. The number of esters is 2. The summed E-state index contributed by atoms with van der Waals surface area (Å²) in [4.78, 5) is 24.8. The van der Waals surface area contributed by atoms with E-state index < -0.39 is 24.0 Å². The molecule has 0 amide bonds. The molecule has 0 spiro atoms. The molecule has 0 fully saturated rings. The van der Waals surface area contributed by atoms with Crippen LogP contribution >= 0.6 is 0 Å². The molecule has 122 valence electrons. The number of carbonyl (C=O) groups is 2. The van der Waals surface area contributed by atoms with E-state index in [0.29, 0.717) is 4.90 Å². The first kappa shape index (κ1) is 14.6. The molecule has 4 rings (SSSR count). The second-order valence-corrected chi connectivity index (χ2v) is 5.23. The van der Waals surface area contributed by atoms with Gasteiger partial charge in [0.1, 0.15) is 0 Å². The summed E-state index contributed by atoms with van der Waals surface area (Å²) in [6.07, 6.45) is -5.17. The number of carbonyl (C=O) groups excluding carboxylic acids is 2. The van der Waals surface area contributed by atoms with Crippen LogP contribution in [0.1, 0.15) is 20.7 Å². The maximum Gasteiger partial charge on any atom is 0.492 e. The Morgan fingerprint density at radius 1 is 0.792 bits per heavy atom. The van der Waals surface area contributed by atoms with Gasteiger partial charge in [-0.25, -0.2) is 9.59 Å². The van der Waals surface area contributed by atoms with Crippen molar-refractivity contribution in [3.63, 3.8) is 0 Å². The minimum absolute atomic E-state index is 0.0500. The Kier molecular flexibility index (Phi) is 2.73. The van der Waals surface area contributed by atoms with Gasteiger partial charge in [0.25, 0.3) is 0 Å². The zero-order chi connectivity index (χ0) is 17.1. The first-order valence-electron chi connectivity index (χ1n) is 6.87. The number of rotatable bonds is 0. The van der Waals surface area contributed by atoms with E-state index in [4.69, 9.17) is 0 Å². The normalized spacial score (nSPS) is 18.0. The highest BCUT2D eigenvalue weighted by atomic mass is 19.4. The van der Waals surface area contributed by atoms with E-state index in [1.165, 1.54) is 48.5 Å². The lowest BCUT2D eigenvalue weighted by molar-refractivity contribution is -0.341. The molecular formula is C16H8F3NO4. The number of halogens is 3. The Morgan fingerprint density at radius 3 is 1.62 bits per heavy atom. The molecule has 2 aliphatic heterocycles. The van der Waals surface area contributed by atoms with Crippen molar-refractivity contribution in [1.82, 2.24) is 0 Å². The van der Waals surface area contributed by atoms with Gasteiger partial charge < -0.3 is 9.47 Å². The fourth-order valence-electron chi connectivity index (χ4n) is 2.85. The Bertz CT molecular complexity index is 816. The average Bonchev–Trinajstić information content (AvgIpc) is 2.54. The largest absolute Gasteiger partial charge is 0.492 e. The number of ether oxygens (including phenoxy) is 2. The average molecular weight is 335 g/mol. The molecule has 0 bridgehead atoms. The highest BCUT2D eigenvalue weighted by molar-refractivity contribution is 6.05. The second kappa shape index (κ2) is 4.50. The first-order chi connectivity index (χ1) is 11.3. The first-order valence-corrected chi connectivity index (χ1v) is 6.87. The van der Waals surface area contributed by atoms with Gasteiger partial charge in [0.2, 0.25) is 0 Å². The third-order valence-corrected chi connectivity index (χ3v) is 3.84. The van der Waals surface area contributed by atoms with Crippen molar-refractivity contribution in [3.8, 4) is 0 Å². The lowest BCUT2D eigenvalue weighted by atomic mass is 10.0. The predicted molar refractivity (Wildman–Crippen MR) is 74.6 cm³/mol. The molecule has 0 saturated carbocycles. The van der Waals surface area contributed by atoms with Gasteiger partial charge in [0.05, 0.1) is 22.5 Å². The molecule has 2 aliphatic rings. The van der Waals surface area contributed by atoms with Gasteiger partial charge in [0.15, 0.2) is 0 Å². The molecule has 2 heterocycles. The van der Waals surface area contributed by atoms with Crippen molar-refractivity contribution in [2.75, 3.05) is 4.90 Å². The van der Waals surface area contributed by atoms with Gasteiger partial charge in [-0.05, 0) is 24.3 Å². The van der Waals surface area contributed by atoms with Crippen LogP contribution in [0.5, 0.6) is 0 Å². The number of hydrogen-bond donors (Lipinski definition) is 0. The molecular weight excluding hydrogens is 327 g/mol. The van der Waals surface area contributed by atoms with E-state index in [1.807, 2.05) is 0 Å². The molecule has 0 N–H and O–H groups in total. The number of anilines is 2. The van der Waals surface area contributed by atoms with E-state index in [2.05, 4.69) is 9.47 Å². The zero-order valence-electron chi connectivity index (χ0n) is 11.8. The van der Waals surface area contributed by atoms with E-state index in [9.17, 15) is 22.8 Å². The minimum atomic E-state index is -5.17. The lowest BCUT2D eigenvalue weighted by Gasteiger charge is -2.48. The van der Waals surface area contributed by atoms with Crippen molar-refractivity contribution < 1.29 is 32.2 Å². The molecule has 0 unspecified atom stereocenters. The summed E-state index contributed by atoms with van der Waals surface area (Å²) < 4.78 is 50.6. The summed E-state index contributed by atoms with van der Waals surface area (Å²) in [6.45, 7) is 0. The van der Waals surface area contributed by atoms with Crippen LogP contribution < -0.4 is 4.90 Å². The van der Waals surface area contributed by atoms with Gasteiger partial charge in [-0.15, -0.1) is 0 Å². The standard InChI is InChI=1S/C16H8F3NO4/c17-15(18,19)16-20(11-7-3-1-5-9(11)13(21)23-16)12-8-4-2-6-10(12)14(22)24-16/h1-8H. The van der Waals surface area contributed by atoms with Crippen LogP contribution in [0.3, 0.4) is 0 Å². The summed E-state index contributed by atoms with van der Waals surface area (Å²) in [5.74, 6) is -5.96. The molecule has 0 saturated heterocycles. The molecule has 8 heteroatoms.